The van der Waals surface area contributed by atoms with Gasteiger partial charge in [-0.3, -0.25) is 4.79 Å². The van der Waals surface area contributed by atoms with Crippen LogP contribution in [0.4, 0.5) is 0 Å². The molecule has 4 rings (SSSR count). The van der Waals surface area contributed by atoms with E-state index in [2.05, 4.69) is 27.2 Å². The molecular weight excluding hydrogens is 278 g/mol. The van der Waals surface area contributed by atoms with Gasteiger partial charge >= 0.3 is 0 Å². The van der Waals surface area contributed by atoms with E-state index in [0.717, 1.165) is 11.9 Å². The first-order chi connectivity index (χ1) is 10.8. The fourth-order valence-electron chi connectivity index (χ4n) is 2.57. The standard InChI is InChI=1S/C16H13N5O/c22-15-13-10-17-16-18-11-19-21(16)14(13)7-9-20(15)8-6-12-4-2-1-3-5-12/h1-5,7,9-11H,6,8H2. The van der Waals surface area contributed by atoms with Crippen molar-refractivity contribution in [3.8, 4) is 0 Å². The molecule has 0 N–H and O–H groups in total. The van der Waals surface area contributed by atoms with Crippen LogP contribution < -0.4 is 5.56 Å². The summed E-state index contributed by atoms with van der Waals surface area (Å²) in [6, 6.07) is 12.0. The molecule has 0 saturated carbocycles. The quantitative estimate of drug-likeness (QED) is 0.576. The van der Waals surface area contributed by atoms with Crippen molar-refractivity contribution >= 4 is 16.7 Å². The second kappa shape index (κ2) is 5.07. The fraction of sp³-hybridized carbons (Fsp3) is 0.125. The van der Waals surface area contributed by atoms with Crippen LogP contribution >= 0.6 is 0 Å². The zero-order chi connectivity index (χ0) is 14.9. The number of nitrogens with zero attached hydrogens (tertiary/aromatic N) is 5. The molecule has 0 aliphatic rings. The molecule has 0 bridgehead atoms. The number of fused-ring (bicyclic) bond motifs is 3. The Morgan fingerprint density at radius 1 is 1.05 bits per heavy atom. The zero-order valence-corrected chi connectivity index (χ0v) is 11.8. The average molecular weight is 291 g/mol. The molecule has 0 atom stereocenters. The first-order valence-electron chi connectivity index (χ1n) is 7.05. The lowest BCUT2D eigenvalue weighted by Gasteiger charge is -2.07. The van der Waals surface area contributed by atoms with Crippen LogP contribution in [0, 0.1) is 0 Å². The Morgan fingerprint density at radius 2 is 1.91 bits per heavy atom. The van der Waals surface area contributed by atoms with Crippen molar-refractivity contribution in [1.82, 2.24) is 24.1 Å². The van der Waals surface area contributed by atoms with Gasteiger partial charge < -0.3 is 4.57 Å². The second-order valence-corrected chi connectivity index (χ2v) is 5.08. The number of pyridine rings is 1. The average Bonchev–Trinajstić information content (AvgIpc) is 3.04. The van der Waals surface area contributed by atoms with Gasteiger partial charge in [-0.1, -0.05) is 30.3 Å². The van der Waals surface area contributed by atoms with E-state index in [1.54, 1.807) is 21.5 Å². The number of hydrogen-bond acceptors (Lipinski definition) is 4. The number of rotatable bonds is 3. The summed E-state index contributed by atoms with van der Waals surface area (Å²) in [7, 11) is 0. The summed E-state index contributed by atoms with van der Waals surface area (Å²) in [5, 5.41) is 4.66. The van der Waals surface area contributed by atoms with Gasteiger partial charge in [0.15, 0.2) is 0 Å². The smallest absolute Gasteiger partial charge is 0.261 e. The van der Waals surface area contributed by atoms with E-state index in [0.29, 0.717) is 17.7 Å². The predicted octanol–water partition coefficient (Wildman–Crippen LogP) is 1.68. The molecule has 1 aromatic carbocycles. The number of benzene rings is 1. The molecule has 108 valence electrons. The van der Waals surface area contributed by atoms with Crippen LogP contribution in [-0.4, -0.2) is 24.1 Å². The Bertz CT molecular complexity index is 1000. The molecule has 0 aliphatic heterocycles. The van der Waals surface area contributed by atoms with Gasteiger partial charge in [0.25, 0.3) is 11.3 Å². The summed E-state index contributed by atoms with van der Waals surface area (Å²) < 4.78 is 3.29. The van der Waals surface area contributed by atoms with E-state index in [-0.39, 0.29) is 5.56 Å². The van der Waals surface area contributed by atoms with Crippen molar-refractivity contribution in [2.24, 2.45) is 0 Å². The lowest BCUT2D eigenvalue weighted by molar-refractivity contribution is 0.674. The maximum Gasteiger partial charge on any atom is 0.261 e. The first kappa shape index (κ1) is 12.7. The van der Waals surface area contributed by atoms with Gasteiger partial charge in [-0.2, -0.15) is 14.6 Å². The second-order valence-electron chi connectivity index (χ2n) is 5.08. The SMILES string of the molecule is O=c1c2cnc3ncnn3c2ccn1CCc1ccccc1. The van der Waals surface area contributed by atoms with Crippen molar-refractivity contribution in [3.63, 3.8) is 0 Å². The molecule has 6 heteroatoms. The monoisotopic (exact) mass is 291 g/mol. The maximum atomic E-state index is 12.6. The minimum atomic E-state index is -0.0571. The van der Waals surface area contributed by atoms with Gasteiger partial charge in [-0.15, -0.1) is 0 Å². The summed E-state index contributed by atoms with van der Waals surface area (Å²) in [4.78, 5) is 20.8. The van der Waals surface area contributed by atoms with Crippen molar-refractivity contribution < 1.29 is 0 Å². The Kier molecular flexibility index (Phi) is 2.93. The Balaban J connectivity index is 1.75. The van der Waals surface area contributed by atoms with E-state index >= 15 is 0 Å². The van der Waals surface area contributed by atoms with Gasteiger partial charge in [-0.05, 0) is 18.1 Å². The minimum absolute atomic E-state index is 0.0571. The molecule has 0 radical (unpaired) electrons. The summed E-state index contributed by atoms with van der Waals surface area (Å²) in [5.41, 5.74) is 1.88. The number of aryl methyl sites for hydroxylation is 2. The van der Waals surface area contributed by atoms with Crippen molar-refractivity contribution in [2.45, 2.75) is 13.0 Å². The third kappa shape index (κ3) is 2.05. The van der Waals surface area contributed by atoms with Gasteiger partial charge in [0.2, 0.25) is 0 Å². The third-order valence-electron chi connectivity index (χ3n) is 3.73. The van der Waals surface area contributed by atoms with Gasteiger partial charge in [0.1, 0.15) is 6.33 Å². The van der Waals surface area contributed by atoms with E-state index < -0.39 is 0 Å². The van der Waals surface area contributed by atoms with Gasteiger partial charge in [0.05, 0.1) is 10.9 Å². The first-order valence-corrected chi connectivity index (χ1v) is 7.05. The molecule has 6 nitrogen and oxygen atoms in total. The summed E-state index contributed by atoms with van der Waals surface area (Å²) in [6.45, 7) is 0.633. The van der Waals surface area contributed by atoms with Crippen LogP contribution in [0.2, 0.25) is 0 Å². The molecule has 3 heterocycles. The van der Waals surface area contributed by atoms with Crippen molar-refractivity contribution in [2.75, 3.05) is 0 Å². The highest BCUT2D eigenvalue weighted by Crippen LogP contribution is 2.09. The molecule has 3 aromatic heterocycles. The molecular formula is C16H13N5O. The number of hydrogen-bond donors (Lipinski definition) is 0. The van der Waals surface area contributed by atoms with Crippen molar-refractivity contribution in [1.29, 1.82) is 0 Å². The van der Waals surface area contributed by atoms with Crippen LogP contribution in [0.25, 0.3) is 16.7 Å². The van der Waals surface area contributed by atoms with E-state index in [1.807, 2.05) is 24.3 Å². The Labute approximate surface area is 125 Å². The zero-order valence-electron chi connectivity index (χ0n) is 11.8. The summed E-state index contributed by atoms with van der Waals surface area (Å²) in [5.74, 6) is 0.494. The topological polar surface area (TPSA) is 65.1 Å². The van der Waals surface area contributed by atoms with Crippen LogP contribution in [0.3, 0.4) is 0 Å². The molecule has 0 fully saturated rings. The Morgan fingerprint density at radius 3 is 2.77 bits per heavy atom. The lowest BCUT2D eigenvalue weighted by Crippen LogP contribution is -2.21. The van der Waals surface area contributed by atoms with Crippen LogP contribution in [-0.2, 0) is 13.0 Å². The largest absolute Gasteiger partial charge is 0.314 e. The van der Waals surface area contributed by atoms with Crippen LogP contribution in [0.1, 0.15) is 5.56 Å². The highest BCUT2D eigenvalue weighted by Gasteiger charge is 2.08. The Hall–Kier alpha value is -3.02. The van der Waals surface area contributed by atoms with Crippen LogP contribution in [0.5, 0.6) is 0 Å². The highest BCUT2D eigenvalue weighted by molar-refractivity contribution is 5.78. The van der Waals surface area contributed by atoms with E-state index in [9.17, 15) is 4.79 Å². The highest BCUT2D eigenvalue weighted by atomic mass is 16.1. The lowest BCUT2D eigenvalue weighted by atomic mass is 10.1. The van der Waals surface area contributed by atoms with Gasteiger partial charge in [0, 0.05) is 18.9 Å². The molecule has 0 unspecified atom stereocenters. The summed E-state index contributed by atoms with van der Waals surface area (Å²) in [6.07, 6.45) is 5.61. The molecule has 0 amide bonds. The van der Waals surface area contributed by atoms with Gasteiger partial charge in [-0.25, -0.2) is 4.98 Å². The molecule has 0 saturated heterocycles. The van der Waals surface area contributed by atoms with Crippen LogP contribution in [0.15, 0.2) is 59.9 Å². The molecule has 22 heavy (non-hydrogen) atoms. The minimum Gasteiger partial charge on any atom is -0.314 e. The van der Waals surface area contributed by atoms with E-state index in [4.69, 9.17) is 0 Å². The van der Waals surface area contributed by atoms with E-state index in [1.165, 1.54) is 11.9 Å². The molecule has 0 aliphatic carbocycles. The summed E-state index contributed by atoms with van der Waals surface area (Å²) >= 11 is 0. The molecule has 4 aromatic rings. The number of aromatic nitrogens is 5. The maximum absolute atomic E-state index is 12.6. The predicted molar refractivity (Wildman–Crippen MR) is 82.7 cm³/mol. The van der Waals surface area contributed by atoms with Crippen molar-refractivity contribution in [3.05, 3.63) is 71.0 Å². The molecule has 0 spiro atoms. The normalized spacial score (nSPS) is 11.3. The fourth-order valence-corrected chi connectivity index (χ4v) is 2.57. The third-order valence-corrected chi connectivity index (χ3v) is 3.73.